The molecule has 0 atom stereocenters. The Labute approximate surface area is 144 Å². The average Bonchev–Trinajstić information content (AvgIpc) is 2.61. The molecule has 2 aromatic carbocycles. The molecule has 0 bridgehead atoms. The van der Waals surface area contributed by atoms with Crippen LogP contribution in [0.4, 0.5) is 28.7 Å². The Morgan fingerprint density at radius 3 is 2.29 bits per heavy atom. The molecule has 0 fully saturated rings. The number of nitrogens with zero attached hydrogens (tertiary/aromatic N) is 2. The summed E-state index contributed by atoms with van der Waals surface area (Å²) in [5.41, 5.74) is 8.12. The van der Waals surface area contributed by atoms with Gasteiger partial charge in [0.05, 0.1) is 17.8 Å². The van der Waals surface area contributed by atoms with Crippen molar-refractivity contribution in [2.24, 2.45) is 0 Å². The van der Waals surface area contributed by atoms with Gasteiger partial charge in [0.2, 0.25) is 0 Å². The molecule has 0 amide bonds. The molecule has 3 aromatic rings. The molecule has 0 spiro atoms. The number of nitrogen functional groups attached to an aromatic ring is 1. The number of benzene rings is 2. The van der Waals surface area contributed by atoms with E-state index in [0.717, 1.165) is 17.1 Å². The van der Waals surface area contributed by atoms with Crippen molar-refractivity contribution in [3.05, 3.63) is 59.9 Å². The Morgan fingerprint density at radius 2 is 1.62 bits per heavy atom. The van der Waals surface area contributed by atoms with Gasteiger partial charge in [-0.25, -0.2) is 9.97 Å². The van der Waals surface area contributed by atoms with Gasteiger partial charge >= 0.3 is 0 Å². The Bertz CT molecular complexity index is 839. The van der Waals surface area contributed by atoms with Crippen LogP contribution in [-0.4, -0.2) is 17.1 Å². The molecule has 1 heterocycles. The molecule has 0 aliphatic carbocycles. The monoisotopic (exact) mass is 341 g/mol. The third-order valence-electron chi connectivity index (χ3n) is 3.36. The number of para-hydroxylation sites is 1. The van der Waals surface area contributed by atoms with Gasteiger partial charge in [0, 0.05) is 5.69 Å². The van der Waals surface area contributed by atoms with Crippen LogP contribution in [0.1, 0.15) is 0 Å². The predicted molar refractivity (Wildman–Crippen MR) is 97.5 cm³/mol. The van der Waals surface area contributed by atoms with E-state index in [1.165, 1.54) is 6.33 Å². The first-order valence-electron chi connectivity index (χ1n) is 7.20. The summed E-state index contributed by atoms with van der Waals surface area (Å²) >= 11 is 6.15. The second-order valence-corrected chi connectivity index (χ2v) is 5.35. The molecule has 0 aliphatic heterocycles. The molecule has 0 saturated heterocycles. The normalized spacial score (nSPS) is 10.2. The summed E-state index contributed by atoms with van der Waals surface area (Å²) in [6.45, 7) is 0. The summed E-state index contributed by atoms with van der Waals surface area (Å²) in [6, 6.07) is 14.8. The van der Waals surface area contributed by atoms with Crippen molar-refractivity contribution in [3.8, 4) is 5.75 Å². The van der Waals surface area contributed by atoms with E-state index in [9.17, 15) is 0 Å². The van der Waals surface area contributed by atoms with E-state index in [1.807, 2.05) is 42.5 Å². The van der Waals surface area contributed by atoms with Crippen molar-refractivity contribution in [2.75, 3.05) is 23.5 Å². The van der Waals surface area contributed by atoms with Gasteiger partial charge in [0.1, 0.15) is 17.8 Å². The lowest BCUT2D eigenvalue weighted by atomic mass is 10.3. The number of methoxy groups -OCH3 is 1. The maximum absolute atomic E-state index is 6.17. The fraction of sp³-hybridized carbons (Fsp3) is 0.0588. The van der Waals surface area contributed by atoms with Crippen LogP contribution >= 0.6 is 11.6 Å². The molecule has 0 aliphatic rings. The van der Waals surface area contributed by atoms with Gasteiger partial charge < -0.3 is 21.1 Å². The average molecular weight is 342 g/mol. The van der Waals surface area contributed by atoms with E-state index in [1.54, 1.807) is 13.2 Å². The molecule has 0 saturated carbocycles. The van der Waals surface area contributed by atoms with Crippen LogP contribution in [0, 0.1) is 0 Å². The van der Waals surface area contributed by atoms with Crippen LogP contribution < -0.4 is 21.1 Å². The largest absolute Gasteiger partial charge is 0.497 e. The maximum Gasteiger partial charge on any atom is 0.159 e. The molecule has 3 rings (SSSR count). The Balaban J connectivity index is 1.83. The molecule has 6 nitrogen and oxygen atoms in total. The highest BCUT2D eigenvalue weighted by Crippen LogP contribution is 2.30. The highest BCUT2D eigenvalue weighted by molar-refractivity contribution is 6.33. The lowest BCUT2D eigenvalue weighted by Crippen LogP contribution is -2.05. The molecule has 7 heteroatoms. The second kappa shape index (κ2) is 7.06. The molecular formula is C17H16ClN5O. The molecule has 4 N–H and O–H groups in total. The topological polar surface area (TPSA) is 85.1 Å². The number of nitrogens with two attached hydrogens (primary N) is 1. The van der Waals surface area contributed by atoms with Crippen LogP contribution in [0.15, 0.2) is 54.9 Å². The summed E-state index contributed by atoms with van der Waals surface area (Å²) in [4.78, 5) is 8.37. The number of hydrogen-bond acceptors (Lipinski definition) is 6. The minimum atomic E-state index is 0.397. The molecular weight excluding hydrogens is 326 g/mol. The lowest BCUT2D eigenvalue weighted by molar-refractivity contribution is 0.415. The number of nitrogens with one attached hydrogen (secondary N) is 2. The van der Waals surface area contributed by atoms with Crippen molar-refractivity contribution in [3.63, 3.8) is 0 Å². The second-order valence-electron chi connectivity index (χ2n) is 4.94. The minimum Gasteiger partial charge on any atom is -0.497 e. The van der Waals surface area contributed by atoms with Crippen LogP contribution in [0.25, 0.3) is 0 Å². The Kier molecular flexibility index (Phi) is 4.67. The van der Waals surface area contributed by atoms with Crippen LogP contribution in [0.2, 0.25) is 5.02 Å². The van der Waals surface area contributed by atoms with Gasteiger partial charge in [0.25, 0.3) is 0 Å². The quantitative estimate of drug-likeness (QED) is 0.644. The van der Waals surface area contributed by atoms with E-state index in [4.69, 9.17) is 22.1 Å². The first-order chi connectivity index (χ1) is 11.7. The summed E-state index contributed by atoms with van der Waals surface area (Å²) in [6.07, 6.45) is 1.43. The van der Waals surface area contributed by atoms with Gasteiger partial charge in [-0.2, -0.15) is 0 Å². The van der Waals surface area contributed by atoms with Gasteiger partial charge in [-0.3, -0.25) is 0 Å². The smallest absolute Gasteiger partial charge is 0.159 e. The first-order valence-corrected chi connectivity index (χ1v) is 7.58. The summed E-state index contributed by atoms with van der Waals surface area (Å²) in [5, 5.41) is 6.86. The molecule has 0 unspecified atom stereocenters. The van der Waals surface area contributed by atoms with E-state index in [0.29, 0.717) is 22.3 Å². The number of hydrogen-bond donors (Lipinski definition) is 3. The fourth-order valence-corrected chi connectivity index (χ4v) is 2.28. The van der Waals surface area contributed by atoms with Crippen molar-refractivity contribution in [1.82, 2.24) is 9.97 Å². The standard InChI is InChI=1S/C17H16ClN5O/c1-24-12-8-6-11(7-9-12)22-16-15(19)17(21-10-20-16)23-14-5-3-2-4-13(14)18/h2-10H,19H2,1H3,(H2,20,21,22,23). The number of ether oxygens (including phenoxy) is 1. The van der Waals surface area contributed by atoms with Gasteiger partial charge in [0.15, 0.2) is 11.6 Å². The van der Waals surface area contributed by atoms with E-state index < -0.39 is 0 Å². The minimum absolute atomic E-state index is 0.397. The molecule has 122 valence electrons. The van der Waals surface area contributed by atoms with Crippen molar-refractivity contribution in [1.29, 1.82) is 0 Å². The number of halogens is 1. The number of anilines is 5. The number of aromatic nitrogens is 2. The van der Waals surface area contributed by atoms with Crippen molar-refractivity contribution >= 4 is 40.3 Å². The van der Waals surface area contributed by atoms with E-state index in [2.05, 4.69) is 20.6 Å². The van der Waals surface area contributed by atoms with Gasteiger partial charge in [-0.15, -0.1) is 0 Å². The number of rotatable bonds is 5. The zero-order valence-electron chi connectivity index (χ0n) is 13.0. The van der Waals surface area contributed by atoms with Crippen molar-refractivity contribution in [2.45, 2.75) is 0 Å². The predicted octanol–water partition coefficient (Wildman–Crippen LogP) is 4.21. The highest BCUT2D eigenvalue weighted by atomic mass is 35.5. The highest BCUT2D eigenvalue weighted by Gasteiger charge is 2.10. The van der Waals surface area contributed by atoms with Gasteiger partial charge in [-0.05, 0) is 36.4 Å². The third-order valence-corrected chi connectivity index (χ3v) is 3.69. The summed E-state index contributed by atoms with van der Waals surface area (Å²) in [5.74, 6) is 1.76. The van der Waals surface area contributed by atoms with E-state index >= 15 is 0 Å². The van der Waals surface area contributed by atoms with Crippen LogP contribution in [0.3, 0.4) is 0 Å². The third kappa shape index (κ3) is 3.49. The molecule has 1 aromatic heterocycles. The van der Waals surface area contributed by atoms with Gasteiger partial charge in [-0.1, -0.05) is 23.7 Å². The first kappa shape index (κ1) is 15.9. The zero-order chi connectivity index (χ0) is 16.9. The SMILES string of the molecule is COc1ccc(Nc2ncnc(Nc3ccccc3Cl)c2N)cc1. The summed E-state index contributed by atoms with van der Waals surface area (Å²) in [7, 11) is 1.62. The lowest BCUT2D eigenvalue weighted by Gasteiger charge is -2.13. The van der Waals surface area contributed by atoms with E-state index in [-0.39, 0.29) is 0 Å². The fourth-order valence-electron chi connectivity index (χ4n) is 2.10. The van der Waals surface area contributed by atoms with Crippen molar-refractivity contribution < 1.29 is 4.74 Å². The maximum atomic E-state index is 6.17. The molecule has 24 heavy (non-hydrogen) atoms. The van der Waals surface area contributed by atoms with Crippen LogP contribution in [-0.2, 0) is 0 Å². The zero-order valence-corrected chi connectivity index (χ0v) is 13.7. The Morgan fingerprint density at radius 1 is 0.958 bits per heavy atom. The van der Waals surface area contributed by atoms with Crippen LogP contribution in [0.5, 0.6) is 5.75 Å². The summed E-state index contributed by atoms with van der Waals surface area (Å²) < 4.78 is 5.14. The Hall–Kier alpha value is -2.99. The molecule has 0 radical (unpaired) electrons.